The van der Waals surface area contributed by atoms with Crippen LogP contribution in [-0.2, 0) is 14.4 Å². The molecule has 0 heterocycles. The summed E-state index contributed by atoms with van der Waals surface area (Å²) in [5.74, 6) is -1.71. The number of nitrogens with zero attached hydrogens (tertiary/aromatic N) is 1. The van der Waals surface area contributed by atoms with Crippen molar-refractivity contribution in [2.24, 2.45) is 5.73 Å². The van der Waals surface area contributed by atoms with Crippen LogP contribution in [0.15, 0.2) is 0 Å². The Morgan fingerprint density at radius 2 is 1.44 bits per heavy atom. The molecule has 0 aliphatic heterocycles. The monoisotopic (exact) mass is 384 g/mol. The van der Waals surface area contributed by atoms with Crippen molar-refractivity contribution in [2.45, 2.75) is 116 Å². The number of carboxylic acid groups (broad SMARTS) is 1. The zero-order valence-electron chi connectivity index (χ0n) is 17.8. The lowest BCUT2D eigenvalue weighted by atomic mass is 9.84. The number of rotatable bonds is 16. The molecule has 0 aromatic heterocycles. The molecule has 6 nitrogen and oxygen atoms in total. The van der Waals surface area contributed by atoms with Crippen molar-refractivity contribution in [1.29, 1.82) is 0 Å². The van der Waals surface area contributed by atoms with Gasteiger partial charge in [-0.1, -0.05) is 59.3 Å². The minimum Gasteiger partial charge on any atom is -0.480 e. The highest BCUT2D eigenvalue weighted by atomic mass is 16.4. The van der Waals surface area contributed by atoms with Gasteiger partial charge in [-0.05, 0) is 32.6 Å². The fourth-order valence-corrected chi connectivity index (χ4v) is 3.62. The first-order chi connectivity index (χ1) is 12.7. The summed E-state index contributed by atoms with van der Waals surface area (Å²) in [6, 6.07) is -1.01. The molecule has 0 rings (SSSR count). The Bertz CT molecular complexity index is 457. The summed E-state index contributed by atoms with van der Waals surface area (Å²) in [5, 5.41) is 9.85. The number of unbranched alkanes of at least 4 members (excludes halogenated alkanes) is 4. The van der Waals surface area contributed by atoms with Crippen molar-refractivity contribution in [3.63, 3.8) is 0 Å². The fraction of sp³-hybridized carbons (Fsp3) is 0.857. The lowest BCUT2D eigenvalue weighted by molar-refractivity contribution is -0.157. The van der Waals surface area contributed by atoms with E-state index >= 15 is 0 Å². The summed E-state index contributed by atoms with van der Waals surface area (Å²) >= 11 is 0. The van der Waals surface area contributed by atoms with Gasteiger partial charge in [0, 0.05) is 18.4 Å². The summed E-state index contributed by atoms with van der Waals surface area (Å²) in [6.07, 6.45) is 8.45. The van der Waals surface area contributed by atoms with Crippen molar-refractivity contribution in [1.82, 2.24) is 4.90 Å². The molecule has 1 atom stereocenters. The first-order valence-corrected chi connectivity index (χ1v) is 10.6. The van der Waals surface area contributed by atoms with E-state index in [-0.39, 0.29) is 18.7 Å². The summed E-state index contributed by atoms with van der Waals surface area (Å²) in [4.78, 5) is 38.0. The maximum Gasteiger partial charge on any atom is 0.326 e. The zero-order chi connectivity index (χ0) is 20.9. The number of hydrogen-bond donors (Lipinski definition) is 2. The molecule has 0 aromatic carbocycles. The van der Waals surface area contributed by atoms with E-state index in [4.69, 9.17) is 5.73 Å². The maximum atomic E-state index is 13.1. The van der Waals surface area contributed by atoms with Crippen LogP contribution in [0.1, 0.15) is 105 Å². The standard InChI is InChI=1S/C21H40N2O4/c1-5-8-11-12-19(25)23(17(20(26)27)13-14-18(22)24)21(4,15-9-6-2)16-10-7-3/h17H,5-16H2,1-4H3,(H2,22,24)(H,26,27). The van der Waals surface area contributed by atoms with Crippen LogP contribution in [0.3, 0.4) is 0 Å². The highest BCUT2D eigenvalue weighted by molar-refractivity contribution is 5.85. The Morgan fingerprint density at radius 1 is 0.926 bits per heavy atom. The van der Waals surface area contributed by atoms with E-state index in [0.717, 1.165) is 57.8 Å². The van der Waals surface area contributed by atoms with Crippen LogP contribution in [0.5, 0.6) is 0 Å². The maximum absolute atomic E-state index is 13.1. The molecule has 1 unspecified atom stereocenters. The lowest BCUT2D eigenvalue weighted by Crippen LogP contribution is -2.57. The second-order valence-electron chi connectivity index (χ2n) is 7.78. The van der Waals surface area contributed by atoms with Crippen molar-refractivity contribution >= 4 is 17.8 Å². The van der Waals surface area contributed by atoms with Gasteiger partial charge in [-0.15, -0.1) is 0 Å². The molecular weight excluding hydrogens is 344 g/mol. The SMILES string of the molecule is CCCCCC(=O)N(C(CCC(N)=O)C(=O)O)C(C)(CCCC)CCCC. The van der Waals surface area contributed by atoms with Crippen molar-refractivity contribution in [3.8, 4) is 0 Å². The zero-order valence-corrected chi connectivity index (χ0v) is 17.8. The van der Waals surface area contributed by atoms with E-state index < -0.39 is 23.5 Å². The number of amides is 2. The Kier molecular flexibility index (Phi) is 12.8. The quantitative estimate of drug-likeness (QED) is 0.388. The number of carbonyl (C=O) groups excluding carboxylic acids is 2. The minimum absolute atomic E-state index is 0.0344. The van der Waals surface area contributed by atoms with E-state index in [1.165, 1.54) is 0 Å². The number of primary amides is 1. The minimum atomic E-state index is -1.06. The smallest absolute Gasteiger partial charge is 0.326 e. The third-order valence-corrected chi connectivity index (χ3v) is 5.24. The van der Waals surface area contributed by atoms with Gasteiger partial charge in [-0.25, -0.2) is 4.79 Å². The van der Waals surface area contributed by atoms with E-state index in [2.05, 4.69) is 20.8 Å². The van der Waals surface area contributed by atoms with Crippen LogP contribution in [-0.4, -0.2) is 39.4 Å². The molecule has 0 aliphatic carbocycles. The molecule has 0 saturated heterocycles. The average molecular weight is 385 g/mol. The first-order valence-electron chi connectivity index (χ1n) is 10.6. The lowest BCUT2D eigenvalue weighted by Gasteiger charge is -2.45. The van der Waals surface area contributed by atoms with Crippen LogP contribution in [0, 0.1) is 0 Å². The van der Waals surface area contributed by atoms with Crippen LogP contribution in [0.4, 0.5) is 0 Å². The molecule has 0 aliphatic rings. The van der Waals surface area contributed by atoms with E-state index in [1.807, 2.05) is 6.92 Å². The Morgan fingerprint density at radius 3 is 1.85 bits per heavy atom. The largest absolute Gasteiger partial charge is 0.480 e. The Balaban J connectivity index is 5.79. The van der Waals surface area contributed by atoms with Gasteiger partial charge in [0.1, 0.15) is 6.04 Å². The van der Waals surface area contributed by atoms with Crippen molar-refractivity contribution < 1.29 is 19.5 Å². The molecule has 0 fully saturated rings. The molecule has 27 heavy (non-hydrogen) atoms. The fourth-order valence-electron chi connectivity index (χ4n) is 3.62. The summed E-state index contributed by atoms with van der Waals surface area (Å²) in [6.45, 7) is 8.27. The summed E-state index contributed by atoms with van der Waals surface area (Å²) < 4.78 is 0. The van der Waals surface area contributed by atoms with Crippen LogP contribution in [0.25, 0.3) is 0 Å². The highest BCUT2D eigenvalue weighted by Gasteiger charge is 2.41. The van der Waals surface area contributed by atoms with E-state index in [0.29, 0.717) is 6.42 Å². The van der Waals surface area contributed by atoms with Gasteiger partial charge >= 0.3 is 5.97 Å². The van der Waals surface area contributed by atoms with Crippen LogP contribution >= 0.6 is 0 Å². The van der Waals surface area contributed by atoms with Crippen LogP contribution in [0.2, 0.25) is 0 Å². The first kappa shape index (κ1) is 25.4. The van der Waals surface area contributed by atoms with Crippen molar-refractivity contribution in [2.75, 3.05) is 0 Å². The van der Waals surface area contributed by atoms with Crippen LogP contribution < -0.4 is 5.73 Å². The van der Waals surface area contributed by atoms with Gasteiger partial charge in [0.25, 0.3) is 0 Å². The second kappa shape index (κ2) is 13.6. The molecular formula is C21H40N2O4. The van der Waals surface area contributed by atoms with E-state index in [9.17, 15) is 19.5 Å². The Hall–Kier alpha value is -1.59. The van der Waals surface area contributed by atoms with Gasteiger partial charge in [-0.2, -0.15) is 0 Å². The molecule has 6 heteroatoms. The van der Waals surface area contributed by atoms with Gasteiger partial charge in [0.2, 0.25) is 11.8 Å². The molecule has 0 saturated carbocycles. The molecule has 3 N–H and O–H groups in total. The Labute approximate surface area is 164 Å². The molecule has 0 radical (unpaired) electrons. The van der Waals surface area contributed by atoms with Crippen molar-refractivity contribution in [3.05, 3.63) is 0 Å². The second-order valence-corrected chi connectivity index (χ2v) is 7.78. The number of nitrogens with two attached hydrogens (primary N) is 1. The molecule has 2 amide bonds. The topological polar surface area (TPSA) is 101 Å². The number of carbonyl (C=O) groups is 3. The number of carboxylic acids is 1. The highest BCUT2D eigenvalue weighted by Crippen LogP contribution is 2.32. The summed E-state index contributed by atoms with van der Waals surface area (Å²) in [5.41, 5.74) is 4.73. The normalized spacial score (nSPS) is 12.6. The summed E-state index contributed by atoms with van der Waals surface area (Å²) in [7, 11) is 0. The van der Waals surface area contributed by atoms with Gasteiger partial charge in [0.05, 0.1) is 0 Å². The third-order valence-electron chi connectivity index (χ3n) is 5.24. The predicted molar refractivity (Wildman–Crippen MR) is 108 cm³/mol. The van der Waals surface area contributed by atoms with Gasteiger partial charge in [0.15, 0.2) is 0 Å². The number of aliphatic carboxylic acids is 1. The number of hydrogen-bond acceptors (Lipinski definition) is 3. The predicted octanol–water partition coefficient (Wildman–Crippen LogP) is 4.25. The van der Waals surface area contributed by atoms with Gasteiger partial charge in [-0.3, -0.25) is 9.59 Å². The third kappa shape index (κ3) is 9.25. The van der Waals surface area contributed by atoms with Gasteiger partial charge < -0.3 is 15.7 Å². The molecule has 0 spiro atoms. The van der Waals surface area contributed by atoms with E-state index in [1.54, 1.807) is 4.90 Å². The molecule has 158 valence electrons. The average Bonchev–Trinajstić information content (AvgIpc) is 2.61. The molecule has 0 bridgehead atoms. The molecule has 0 aromatic rings.